The first-order valence-corrected chi connectivity index (χ1v) is 9.17. The molecule has 2 aromatic carbocycles. The van der Waals surface area contributed by atoms with Gasteiger partial charge < -0.3 is 29.1 Å². The third-order valence-corrected chi connectivity index (χ3v) is 4.21. The van der Waals surface area contributed by atoms with Crippen molar-refractivity contribution in [2.24, 2.45) is 5.16 Å². The summed E-state index contributed by atoms with van der Waals surface area (Å²) in [7, 11) is 1.55. The predicted octanol–water partition coefficient (Wildman–Crippen LogP) is 2.02. The summed E-state index contributed by atoms with van der Waals surface area (Å²) in [4.78, 5) is 28.6. The molecule has 2 aromatic rings. The van der Waals surface area contributed by atoms with Crippen molar-refractivity contribution in [2.75, 3.05) is 27.1 Å². The molecule has 9 nitrogen and oxygen atoms in total. The van der Waals surface area contributed by atoms with Gasteiger partial charge in [0.15, 0.2) is 18.1 Å². The molecule has 0 spiro atoms. The van der Waals surface area contributed by atoms with Crippen LogP contribution < -0.4 is 19.5 Å². The number of amides is 1. The summed E-state index contributed by atoms with van der Waals surface area (Å²) < 4.78 is 20.7. The van der Waals surface area contributed by atoms with E-state index in [1.54, 1.807) is 38.3 Å². The van der Waals surface area contributed by atoms with Crippen molar-refractivity contribution in [2.45, 2.75) is 13.5 Å². The first-order chi connectivity index (χ1) is 14.6. The Balaban J connectivity index is 1.38. The number of nitrogens with zero attached hydrogens (tertiary/aromatic N) is 1. The monoisotopic (exact) mass is 414 g/mol. The zero-order valence-corrected chi connectivity index (χ0v) is 16.7. The summed E-state index contributed by atoms with van der Waals surface area (Å²) in [5, 5.41) is 6.55. The van der Waals surface area contributed by atoms with Crippen LogP contribution in [0.25, 0.3) is 0 Å². The van der Waals surface area contributed by atoms with Gasteiger partial charge in [0.1, 0.15) is 5.75 Å². The lowest BCUT2D eigenvalue weighted by atomic mass is 10.1. The minimum Gasteiger partial charge on any atom is -0.496 e. The zero-order valence-electron chi connectivity index (χ0n) is 16.7. The smallest absolute Gasteiger partial charge is 0.347 e. The van der Waals surface area contributed by atoms with Gasteiger partial charge in [0, 0.05) is 17.7 Å². The van der Waals surface area contributed by atoms with Gasteiger partial charge in [-0.1, -0.05) is 23.4 Å². The standard InChI is InChI=1S/C21H22N2O7/c1-14(15-7-8-18-19(9-15)29-13-28-18)23-30-12-21(25)27-11-20(24)22-10-16-5-3-4-6-17(16)26-2/h3-9H,10-13H2,1-2H3,(H,22,24)/b23-14-. The lowest BCUT2D eigenvalue weighted by molar-refractivity contribution is -0.152. The van der Waals surface area contributed by atoms with Crippen LogP contribution in [-0.4, -0.2) is 44.7 Å². The summed E-state index contributed by atoms with van der Waals surface area (Å²) in [6, 6.07) is 12.7. The second-order valence-electron chi connectivity index (χ2n) is 6.27. The highest BCUT2D eigenvalue weighted by atomic mass is 16.7. The Morgan fingerprint density at radius 3 is 2.73 bits per heavy atom. The molecule has 0 aromatic heterocycles. The van der Waals surface area contributed by atoms with Crippen LogP contribution in [-0.2, 0) is 25.7 Å². The van der Waals surface area contributed by atoms with E-state index >= 15 is 0 Å². The number of para-hydroxylation sites is 1. The summed E-state index contributed by atoms with van der Waals surface area (Å²) >= 11 is 0. The Morgan fingerprint density at radius 1 is 1.10 bits per heavy atom. The average molecular weight is 414 g/mol. The quantitative estimate of drug-likeness (QED) is 0.380. The largest absolute Gasteiger partial charge is 0.496 e. The van der Waals surface area contributed by atoms with Crippen molar-refractivity contribution in [1.82, 2.24) is 5.32 Å². The molecule has 9 heteroatoms. The summed E-state index contributed by atoms with van der Waals surface area (Å²) in [5.41, 5.74) is 2.13. The molecule has 30 heavy (non-hydrogen) atoms. The van der Waals surface area contributed by atoms with Gasteiger partial charge >= 0.3 is 5.97 Å². The number of hydrogen-bond donors (Lipinski definition) is 1. The third-order valence-electron chi connectivity index (χ3n) is 4.21. The molecule has 0 bridgehead atoms. The molecule has 1 heterocycles. The summed E-state index contributed by atoms with van der Waals surface area (Å²) in [5.74, 6) is 0.818. The van der Waals surface area contributed by atoms with Crippen molar-refractivity contribution in [3.8, 4) is 17.2 Å². The molecular weight excluding hydrogens is 392 g/mol. The van der Waals surface area contributed by atoms with Crippen molar-refractivity contribution in [3.05, 3.63) is 53.6 Å². The van der Waals surface area contributed by atoms with Crippen LogP contribution >= 0.6 is 0 Å². The lowest BCUT2D eigenvalue weighted by Gasteiger charge is -2.09. The number of carbonyl (C=O) groups is 2. The number of methoxy groups -OCH3 is 1. The number of carbonyl (C=O) groups excluding carboxylic acids is 2. The van der Waals surface area contributed by atoms with E-state index < -0.39 is 25.1 Å². The molecule has 0 fully saturated rings. The van der Waals surface area contributed by atoms with Crippen LogP contribution in [0, 0.1) is 0 Å². The molecule has 0 saturated heterocycles. The van der Waals surface area contributed by atoms with Crippen LogP contribution in [0.4, 0.5) is 0 Å². The van der Waals surface area contributed by atoms with Gasteiger partial charge in [0.25, 0.3) is 5.91 Å². The Bertz CT molecular complexity index is 943. The minimum absolute atomic E-state index is 0.184. The van der Waals surface area contributed by atoms with Gasteiger partial charge in [0.05, 0.1) is 12.8 Å². The van der Waals surface area contributed by atoms with E-state index in [0.29, 0.717) is 23.0 Å². The number of rotatable bonds is 9. The normalized spacial score (nSPS) is 12.3. The van der Waals surface area contributed by atoms with E-state index in [1.807, 2.05) is 18.2 Å². The van der Waals surface area contributed by atoms with E-state index in [2.05, 4.69) is 10.5 Å². The maximum atomic E-state index is 11.9. The SMILES string of the molecule is COc1ccccc1CNC(=O)COC(=O)CO/N=C(/C)c1ccc2c(c1)OCO2. The molecule has 158 valence electrons. The fourth-order valence-corrected chi connectivity index (χ4v) is 2.64. The number of fused-ring (bicyclic) bond motifs is 1. The molecule has 1 N–H and O–H groups in total. The third kappa shape index (κ3) is 5.63. The molecule has 0 radical (unpaired) electrons. The van der Waals surface area contributed by atoms with Crippen LogP contribution in [0.1, 0.15) is 18.1 Å². The Labute approximate surface area is 173 Å². The fraction of sp³-hybridized carbons (Fsp3) is 0.286. The minimum atomic E-state index is -0.704. The first kappa shape index (κ1) is 21.0. The van der Waals surface area contributed by atoms with E-state index in [0.717, 1.165) is 11.1 Å². The van der Waals surface area contributed by atoms with Gasteiger partial charge in [-0.25, -0.2) is 4.79 Å². The average Bonchev–Trinajstić information content (AvgIpc) is 3.24. The second-order valence-corrected chi connectivity index (χ2v) is 6.27. The van der Waals surface area contributed by atoms with Crippen LogP contribution in [0.3, 0.4) is 0 Å². The van der Waals surface area contributed by atoms with E-state index in [1.165, 1.54) is 0 Å². The molecule has 0 aliphatic carbocycles. The van der Waals surface area contributed by atoms with Crippen LogP contribution in [0.15, 0.2) is 47.6 Å². The number of hydrogen-bond acceptors (Lipinski definition) is 8. The van der Waals surface area contributed by atoms with E-state index in [4.69, 9.17) is 23.8 Å². The maximum absolute atomic E-state index is 11.9. The topological polar surface area (TPSA) is 105 Å². The Hall–Kier alpha value is -3.75. The maximum Gasteiger partial charge on any atom is 0.347 e. The lowest BCUT2D eigenvalue weighted by Crippen LogP contribution is -2.29. The van der Waals surface area contributed by atoms with Crippen molar-refractivity contribution < 1.29 is 33.4 Å². The van der Waals surface area contributed by atoms with Gasteiger partial charge in [-0.15, -0.1) is 0 Å². The summed E-state index contributed by atoms with van der Waals surface area (Å²) in [6.45, 7) is 1.34. The second kappa shape index (κ2) is 10.1. The molecule has 1 aliphatic heterocycles. The van der Waals surface area contributed by atoms with E-state index in [9.17, 15) is 9.59 Å². The van der Waals surface area contributed by atoms with Crippen LogP contribution in [0.5, 0.6) is 17.2 Å². The van der Waals surface area contributed by atoms with Crippen LogP contribution in [0.2, 0.25) is 0 Å². The highest BCUT2D eigenvalue weighted by molar-refractivity contribution is 5.99. The predicted molar refractivity (Wildman–Crippen MR) is 107 cm³/mol. The van der Waals surface area contributed by atoms with Gasteiger partial charge in [0.2, 0.25) is 13.4 Å². The highest BCUT2D eigenvalue weighted by Crippen LogP contribution is 2.32. The van der Waals surface area contributed by atoms with Gasteiger partial charge in [-0.05, 0) is 31.2 Å². The van der Waals surface area contributed by atoms with E-state index in [-0.39, 0.29) is 13.3 Å². The Kier molecular flexibility index (Phi) is 7.09. The molecule has 1 aliphatic rings. The highest BCUT2D eigenvalue weighted by Gasteiger charge is 2.14. The number of nitrogens with one attached hydrogen (secondary N) is 1. The Morgan fingerprint density at radius 2 is 1.90 bits per heavy atom. The molecule has 0 saturated carbocycles. The number of oxime groups is 1. The van der Waals surface area contributed by atoms with Gasteiger partial charge in [-0.2, -0.15) is 0 Å². The van der Waals surface area contributed by atoms with Crippen molar-refractivity contribution in [3.63, 3.8) is 0 Å². The molecular formula is C21H22N2O7. The summed E-state index contributed by atoms with van der Waals surface area (Å²) in [6.07, 6.45) is 0. The zero-order chi connectivity index (χ0) is 21.3. The van der Waals surface area contributed by atoms with Gasteiger partial charge in [-0.3, -0.25) is 4.79 Å². The van der Waals surface area contributed by atoms with Crippen molar-refractivity contribution >= 4 is 17.6 Å². The number of benzene rings is 2. The molecule has 1 amide bonds. The number of ether oxygens (including phenoxy) is 4. The molecule has 0 unspecified atom stereocenters. The molecule has 0 atom stereocenters. The number of esters is 1. The fourth-order valence-electron chi connectivity index (χ4n) is 2.64. The first-order valence-electron chi connectivity index (χ1n) is 9.17. The van der Waals surface area contributed by atoms with Crippen molar-refractivity contribution in [1.29, 1.82) is 0 Å². The molecule has 3 rings (SSSR count).